The van der Waals surface area contributed by atoms with Crippen molar-refractivity contribution in [3.63, 3.8) is 0 Å². The van der Waals surface area contributed by atoms with E-state index in [2.05, 4.69) is 30.7 Å². The van der Waals surface area contributed by atoms with Crippen LogP contribution in [0.25, 0.3) is 11.0 Å². The van der Waals surface area contributed by atoms with Gasteiger partial charge in [0.15, 0.2) is 5.82 Å². The Hall–Kier alpha value is -5.11. The summed E-state index contributed by atoms with van der Waals surface area (Å²) >= 11 is 0. The number of anilines is 1. The maximum Gasteiger partial charge on any atom is 0.350 e. The van der Waals surface area contributed by atoms with Gasteiger partial charge < -0.3 is 14.8 Å². The fourth-order valence-electron chi connectivity index (χ4n) is 5.04. The number of halogens is 2. The molecule has 2 amide bonds. The van der Waals surface area contributed by atoms with Crippen LogP contribution in [0.3, 0.4) is 0 Å². The summed E-state index contributed by atoms with van der Waals surface area (Å²) in [5.41, 5.74) is 3.53. The van der Waals surface area contributed by atoms with Gasteiger partial charge in [-0.15, -0.1) is 10.2 Å². The van der Waals surface area contributed by atoms with Crippen LogP contribution in [-0.2, 0) is 7.05 Å². The first-order chi connectivity index (χ1) is 20.4. The second-order valence-corrected chi connectivity index (χ2v) is 9.83. The number of imidazole rings is 1. The molecular formula is C28H26F2N10O2. The van der Waals surface area contributed by atoms with Crippen molar-refractivity contribution in [1.29, 1.82) is 0 Å². The quantitative estimate of drug-likeness (QED) is 0.315. The molecule has 0 radical (unpaired) electrons. The molecule has 42 heavy (non-hydrogen) atoms. The summed E-state index contributed by atoms with van der Waals surface area (Å²) < 4.78 is 28.1. The highest BCUT2D eigenvalue weighted by Gasteiger charge is 2.32. The Morgan fingerprint density at radius 1 is 0.952 bits per heavy atom. The summed E-state index contributed by atoms with van der Waals surface area (Å²) in [5.74, 6) is -0.447. The molecule has 0 unspecified atom stereocenters. The van der Waals surface area contributed by atoms with Gasteiger partial charge in [-0.3, -0.25) is 19.5 Å². The van der Waals surface area contributed by atoms with E-state index in [1.165, 1.54) is 6.20 Å². The summed E-state index contributed by atoms with van der Waals surface area (Å²) in [7, 11) is 1.88. The van der Waals surface area contributed by atoms with Crippen LogP contribution >= 0.6 is 0 Å². The first-order valence-electron chi connectivity index (χ1n) is 13.2. The minimum absolute atomic E-state index is 0.161. The topological polar surface area (TPSA) is 127 Å². The Morgan fingerprint density at radius 3 is 2.48 bits per heavy atom. The highest BCUT2D eigenvalue weighted by Crippen LogP contribution is 2.28. The number of piperazine rings is 1. The van der Waals surface area contributed by atoms with Crippen LogP contribution in [0.15, 0.2) is 73.2 Å². The Morgan fingerprint density at radius 2 is 1.74 bits per heavy atom. The van der Waals surface area contributed by atoms with Crippen molar-refractivity contribution in [3.8, 4) is 0 Å². The largest absolute Gasteiger partial charge is 0.350 e. The molecule has 0 bridgehead atoms. The standard InChI is InChI=1S/C28H26F2N10O2/c1-37-17-32-21-15-19(7-8-23(21)37)26(41)33-20-9-10-31-22(16-20)27(42)39-13-11-38(12-14-39)24(18-5-3-2-4-6-18)25-34-36-40(35-25)28(29)30/h2-10,15-17,24,28H,11-14H2,1H3,(H,31,33,41)/t24-/m1/s1. The Balaban J connectivity index is 1.13. The lowest BCUT2D eigenvalue weighted by Gasteiger charge is -2.38. The summed E-state index contributed by atoms with van der Waals surface area (Å²) in [5, 5.41) is 14.1. The number of fused-ring (bicyclic) bond motifs is 1. The number of aromatic nitrogens is 7. The van der Waals surface area contributed by atoms with Gasteiger partial charge in [0.1, 0.15) is 5.69 Å². The lowest BCUT2D eigenvalue weighted by atomic mass is 10.0. The maximum absolute atomic E-state index is 13.4. The summed E-state index contributed by atoms with van der Waals surface area (Å²) in [4.78, 5) is 38.8. The van der Waals surface area contributed by atoms with Gasteiger partial charge in [0, 0.05) is 50.7 Å². The zero-order valence-electron chi connectivity index (χ0n) is 22.5. The number of benzene rings is 2. The number of nitrogens with zero attached hydrogens (tertiary/aromatic N) is 9. The number of hydrogen-bond donors (Lipinski definition) is 1. The van der Waals surface area contributed by atoms with Gasteiger partial charge >= 0.3 is 6.55 Å². The van der Waals surface area contributed by atoms with E-state index in [0.717, 1.165) is 11.1 Å². The van der Waals surface area contributed by atoms with Crippen molar-refractivity contribution in [3.05, 3.63) is 95.8 Å². The minimum atomic E-state index is -2.89. The van der Waals surface area contributed by atoms with Crippen molar-refractivity contribution in [2.75, 3.05) is 31.5 Å². The molecule has 0 spiro atoms. The lowest BCUT2D eigenvalue weighted by molar-refractivity contribution is 0.0385. The third-order valence-corrected chi connectivity index (χ3v) is 7.17. The molecule has 1 fully saturated rings. The molecule has 3 aromatic heterocycles. The number of aryl methyl sites for hydroxylation is 1. The van der Waals surface area contributed by atoms with E-state index in [9.17, 15) is 18.4 Å². The number of carbonyl (C=O) groups excluding carboxylic acids is 2. The number of rotatable bonds is 7. The normalized spacial score (nSPS) is 14.8. The molecular weight excluding hydrogens is 546 g/mol. The molecule has 6 rings (SSSR count). The van der Waals surface area contributed by atoms with E-state index in [1.54, 1.807) is 35.5 Å². The number of hydrogen-bond acceptors (Lipinski definition) is 8. The third-order valence-electron chi connectivity index (χ3n) is 7.17. The summed E-state index contributed by atoms with van der Waals surface area (Å²) in [6.07, 6.45) is 3.16. The number of pyridine rings is 1. The lowest BCUT2D eigenvalue weighted by Crippen LogP contribution is -2.50. The van der Waals surface area contributed by atoms with E-state index in [1.807, 2.05) is 52.9 Å². The molecule has 214 valence electrons. The van der Waals surface area contributed by atoms with Gasteiger partial charge in [0.05, 0.1) is 23.4 Å². The van der Waals surface area contributed by atoms with Crippen LogP contribution in [-0.4, -0.2) is 82.5 Å². The van der Waals surface area contributed by atoms with Gasteiger partial charge in [-0.2, -0.15) is 8.78 Å². The van der Waals surface area contributed by atoms with Crippen LogP contribution in [0.1, 0.15) is 44.8 Å². The second-order valence-electron chi connectivity index (χ2n) is 9.83. The molecule has 14 heteroatoms. The van der Waals surface area contributed by atoms with Crippen LogP contribution in [0, 0.1) is 0 Å². The van der Waals surface area contributed by atoms with Gasteiger partial charge in [0.2, 0.25) is 0 Å². The van der Waals surface area contributed by atoms with Gasteiger partial charge in [-0.05, 0) is 41.1 Å². The predicted octanol–water partition coefficient (Wildman–Crippen LogP) is 3.15. The smallest absolute Gasteiger partial charge is 0.335 e. The van der Waals surface area contributed by atoms with E-state index in [0.29, 0.717) is 47.7 Å². The third kappa shape index (κ3) is 5.43. The predicted molar refractivity (Wildman–Crippen MR) is 148 cm³/mol. The molecule has 1 saturated heterocycles. The average Bonchev–Trinajstić information content (AvgIpc) is 3.65. The minimum Gasteiger partial charge on any atom is -0.335 e. The summed E-state index contributed by atoms with van der Waals surface area (Å²) in [6, 6.07) is 17.3. The van der Waals surface area contributed by atoms with E-state index < -0.39 is 12.6 Å². The molecule has 0 aliphatic carbocycles. The van der Waals surface area contributed by atoms with Crippen LogP contribution in [0.5, 0.6) is 0 Å². The van der Waals surface area contributed by atoms with Crippen molar-refractivity contribution in [2.24, 2.45) is 7.05 Å². The van der Waals surface area contributed by atoms with Crippen molar-refractivity contribution >= 4 is 28.5 Å². The first kappa shape index (κ1) is 27.1. The molecule has 1 N–H and O–H groups in total. The van der Waals surface area contributed by atoms with Gasteiger partial charge in [-0.1, -0.05) is 35.1 Å². The Bertz CT molecular complexity index is 1730. The zero-order chi connectivity index (χ0) is 29.2. The van der Waals surface area contributed by atoms with E-state index >= 15 is 0 Å². The molecule has 1 atom stereocenters. The van der Waals surface area contributed by atoms with Crippen molar-refractivity contribution in [1.82, 2.24) is 44.5 Å². The van der Waals surface area contributed by atoms with E-state index in [4.69, 9.17) is 0 Å². The summed E-state index contributed by atoms with van der Waals surface area (Å²) in [6.45, 7) is -1.27. The van der Waals surface area contributed by atoms with E-state index in [-0.39, 0.29) is 23.3 Å². The van der Waals surface area contributed by atoms with Crippen LogP contribution in [0.4, 0.5) is 14.5 Å². The highest BCUT2D eigenvalue weighted by atomic mass is 19.3. The fraction of sp³-hybridized carbons (Fsp3) is 0.250. The monoisotopic (exact) mass is 572 g/mol. The molecule has 1 aliphatic heterocycles. The number of amides is 2. The molecule has 2 aromatic carbocycles. The average molecular weight is 573 g/mol. The molecule has 5 aromatic rings. The number of nitrogens with one attached hydrogen (secondary N) is 1. The molecule has 1 aliphatic rings. The first-order valence-corrected chi connectivity index (χ1v) is 13.2. The Labute approximate surface area is 238 Å². The zero-order valence-corrected chi connectivity index (χ0v) is 22.5. The maximum atomic E-state index is 13.4. The van der Waals surface area contributed by atoms with Crippen LogP contribution in [0.2, 0.25) is 0 Å². The number of tetrazole rings is 1. The van der Waals surface area contributed by atoms with Crippen molar-refractivity contribution < 1.29 is 18.4 Å². The fourth-order valence-corrected chi connectivity index (χ4v) is 5.04. The number of carbonyl (C=O) groups is 2. The highest BCUT2D eigenvalue weighted by molar-refractivity contribution is 6.06. The number of alkyl halides is 2. The van der Waals surface area contributed by atoms with Gasteiger partial charge in [-0.25, -0.2) is 4.98 Å². The molecule has 4 heterocycles. The molecule has 0 saturated carbocycles. The SMILES string of the molecule is Cn1cnc2cc(C(=O)Nc3ccnc(C(=O)N4CCN([C@H](c5ccccc5)c5nnn(C(F)F)n5)CC4)c3)ccc21. The van der Waals surface area contributed by atoms with Crippen LogP contribution < -0.4 is 5.32 Å². The van der Waals surface area contributed by atoms with Gasteiger partial charge in [0.25, 0.3) is 11.8 Å². The Kier molecular flexibility index (Phi) is 7.35. The molecule has 12 nitrogen and oxygen atoms in total. The second kappa shape index (κ2) is 11.4. The van der Waals surface area contributed by atoms with Crippen molar-refractivity contribution in [2.45, 2.75) is 12.6 Å².